The van der Waals surface area contributed by atoms with Crippen molar-refractivity contribution in [2.45, 2.75) is 19.8 Å². The summed E-state index contributed by atoms with van der Waals surface area (Å²) in [5.74, 6) is 0.258. The van der Waals surface area contributed by atoms with E-state index in [2.05, 4.69) is 12.2 Å². The summed E-state index contributed by atoms with van der Waals surface area (Å²) in [7, 11) is 0. The number of nitrogens with one attached hydrogen (secondary N) is 1. The highest BCUT2D eigenvalue weighted by molar-refractivity contribution is 6.31. The van der Waals surface area contributed by atoms with Crippen LogP contribution in [0.4, 0.5) is 5.69 Å². The van der Waals surface area contributed by atoms with Crippen LogP contribution in [-0.2, 0) is 4.79 Å². The van der Waals surface area contributed by atoms with Gasteiger partial charge in [-0.1, -0.05) is 67.4 Å². The van der Waals surface area contributed by atoms with Gasteiger partial charge < -0.3 is 10.1 Å². The van der Waals surface area contributed by atoms with E-state index in [9.17, 15) is 9.59 Å². The Hall–Kier alpha value is -3.37. The van der Waals surface area contributed by atoms with Crippen molar-refractivity contribution >= 4 is 35.1 Å². The van der Waals surface area contributed by atoms with E-state index in [1.165, 1.54) is 6.08 Å². The molecule has 0 unspecified atom stereocenters. The van der Waals surface area contributed by atoms with E-state index in [0.29, 0.717) is 28.4 Å². The number of carbonyl (C=O) groups is 2. The minimum atomic E-state index is -0.340. The summed E-state index contributed by atoms with van der Waals surface area (Å²) in [4.78, 5) is 25.3. The molecule has 5 heteroatoms. The van der Waals surface area contributed by atoms with Gasteiger partial charge in [-0.25, -0.2) is 0 Å². The lowest BCUT2D eigenvalue weighted by molar-refractivity contribution is -0.111. The zero-order valence-electron chi connectivity index (χ0n) is 17.3. The van der Waals surface area contributed by atoms with Gasteiger partial charge in [-0.05, 0) is 48.4 Å². The number of halogens is 1. The van der Waals surface area contributed by atoms with E-state index in [1.54, 1.807) is 48.5 Å². The number of carbonyl (C=O) groups excluding carboxylic acids is 2. The minimum absolute atomic E-state index is 0.207. The van der Waals surface area contributed by atoms with Gasteiger partial charge in [-0.15, -0.1) is 0 Å². The summed E-state index contributed by atoms with van der Waals surface area (Å²) in [5, 5.41) is 3.20. The summed E-state index contributed by atoms with van der Waals surface area (Å²) in [6.45, 7) is 2.81. The van der Waals surface area contributed by atoms with E-state index in [-0.39, 0.29) is 11.7 Å². The molecule has 3 rings (SSSR count). The lowest BCUT2D eigenvalue weighted by Gasteiger charge is -2.10. The Morgan fingerprint density at radius 3 is 2.45 bits per heavy atom. The molecular formula is C26H24ClNO3. The Bertz CT molecular complexity index is 1060. The van der Waals surface area contributed by atoms with Crippen LogP contribution in [0.15, 0.2) is 78.9 Å². The minimum Gasteiger partial charge on any atom is -0.494 e. The first-order valence-electron chi connectivity index (χ1n) is 10.2. The van der Waals surface area contributed by atoms with Crippen LogP contribution in [0, 0.1) is 0 Å². The van der Waals surface area contributed by atoms with E-state index in [4.69, 9.17) is 16.3 Å². The predicted octanol–water partition coefficient (Wildman–Crippen LogP) is 6.40. The van der Waals surface area contributed by atoms with Gasteiger partial charge >= 0.3 is 0 Å². The van der Waals surface area contributed by atoms with Crippen LogP contribution in [0.25, 0.3) is 6.08 Å². The molecule has 0 heterocycles. The van der Waals surface area contributed by atoms with Gasteiger partial charge in [-0.3, -0.25) is 9.59 Å². The summed E-state index contributed by atoms with van der Waals surface area (Å²) < 4.78 is 5.64. The maximum absolute atomic E-state index is 12.9. The predicted molar refractivity (Wildman–Crippen MR) is 126 cm³/mol. The van der Waals surface area contributed by atoms with Gasteiger partial charge in [0.25, 0.3) is 0 Å². The monoisotopic (exact) mass is 433 g/mol. The largest absolute Gasteiger partial charge is 0.494 e. The fraction of sp³-hybridized carbons (Fsp3) is 0.154. The van der Waals surface area contributed by atoms with Crippen molar-refractivity contribution in [3.05, 3.63) is 101 Å². The molecule has 31 heavy (non-hydrogen) atoms. The molecule has 0 aromatic heterocycles. The normalized spacial score (nSPS) is 10.8. The fourth-order valence-corrected chi connectivity index (χ4v) is 3.09. The Morgan fingerprint density at radius 2 is 1.74 bits per heavy atom. The van der Waals surface area contributed by atoms with E-state index >= 15 is 0 Å². The molecule has 0 spiro atoms. The average molecular weight is 434 g/mol. The molecule has 158 valence electrons. The first kappa shape index (κ1) is 22.3. The van der Waals surface area contributed by atoms with Gasteiger partial charge in [0.2, 0.25) is 5.91 Å². The number of rotatable bonds is 9. The second-order valence-electron chi connectivity index (χ2n) is 6.98. The first-order valence-corrected chi connectivity index (χ1v) is 10.6. The molecule has 0 aliphatic rings. The molecule has 0 aliphatic heterocycles. The zero-order valence-corrected chi connectivity index (χ0v) is 18.1. The Kier molecular flexibility index (Phi) is 8.02. The summed E-state index contributed by atoms with van der Waals surface area (Å²) >= 11 is 6.09. The maximum atomic E-state index is 12.9. The molecule has 0 aliphatic carbocycles. The third-order valence-corrected chi connectivity index (χ3v) is 4.83. The van der Waals surface area contributed by atoms with Crippen LogP contribution in [0.1, 0.15) is 41.3 Å². The summed E-state index contributed by atoms with van der Waals surface area (Å²) in [6.07, 6.45) is 5.24. The van der Waals surface area contributed by atoms with Crippen LogP contribution < -0.4 is 10.1 Å². The van der Waals surface area contributed by atoms with Crippen molar-refractivity contribution < 1.29 is 14.3 Å². The summed E-state index contributed by atoms with van der Waals surface area (Å²) in [5.41, 5.74) is 2.15. The van der Waals surface area contributed by atoms with Crippen molar-refractivity contribution in [2.24, 2.45) is 0 Å². The SMILES string of the molecule is CCCCOc1ccc(/C=C/C(=O)Nc2ccc(Cl)cc2C(=O)c2ccccc2)cc1. The molecule has 0 saturated carbocycles. The lowest BCUT2D eigenvalue weighted by atomic mass is 10.0. The van der Waals surface area contributed by atoms with Gasteiger partial charge in [0.15, 0.2) is 5.78 Å². The number of benzene rings is 3. The third-order valence-electron chi connectivity index (χ3n) is 4.59. The number of amides is 1. The highest BCUT2D eigenvalue weighted by atomic mass is 35.5. The molecule has 0 saturated heterocycles. The molecule has 4 nitrogen and oxygen atoms in total. The van der Waals surface area contributed by atoms with Crippen molar-refractivity contribution in [1.29, 1.82) is 0 Å². The number of anilines is 1. The van der Waals surface area contributed by atoms with Crippen LogP contribution in [-0.4, -0.2) is 18.3 Å². The molecule has 1 amide bonds. The second kappa shape index (κ2) is 11.1. The lowest BCUT2D eigenvalue weighted by Crippen LogP contribution is -2.12. The highest BCUT2D eigenvalue weighted by Crippen LogP contribution is 2.24. The smallest absolute Gasteiger partial charge is 0.248 e. The maximum Gasteiger partial charge on any atom is 0.248 e. The molecule has 0 radical (unpaired) electrons. The molecule has 3 aromatic rings. The van der Waals surface area contributed by atoms with E-state index in [0.717, 1.165) is 24.2 Å². The van der Waals surface area contributed by atoms with Crippen LogP contribution in [0.5, 0.6) is 5.75 Å². The second-order valence-corrected chi connectivity index (χ2v) is 7.42. The quantitative estimate of drug-likeness (QED) is 0.241. The van der Waals surface area contributed by atoms with E-state index in [1.807, 2.05) is 30.3 Å². The number of ether oxygens (including phenoxy) is 1. The van der Waals surface area contributed by atoms with Crippen LogP contribution >= 0.6 is 11.6 Å². The Labute approximate surface area is 187 Å². The molecule has 3 aromatic carbocycles. The van der Waals surface area contributed by atoms with Crippen LogP contribution in [0.2, 0.25) is 5.02 Å². The van der Waals surface area contributed by atoms with Crippen molar-refractivity contribution in [2.75, 3.05) is 11.9 Å². The third kappa shape index (κ3) is 6.56. The summed E-state index contributed by atoms with van der Waals surface area (Å²) in [6, 6.07) is 21.2. The Balaban J connectivity index is 1.68. The van der Waals surface area contributed by atoms with Crippen molar-refractivity contribution in [3.63, 3.8) is 0 Å². The number of unbranched alkanes of at least 4 members (excludes halogenated alkanes) is 1. The Morgan fingerprint density at radius 1 is 1.00 bits per heavy atom. The topological polar surface area (TPSA) is 55.4 Å². The number of hydrogen-bond acceptors (Lipinski definition) is 3. The van der Waals surface area contributed by atoms with Crippen molar-refractivity contribution in [3.8, 4) is 5.75 Å². The van der Waals surface area contributed by atoms with Gasteiger partial charge in [0.05, 0.1) is 12.3 Å². The fourth-order valence-electron chi connectivity index (χ4n) is 2.91. The first-order chi connectivity index (χ1) is 15.1. The zero-order chi connectivity index (χ0) is 22.1. The number of hydrogen-bond donors (Lipinski definition) is 1. The van der Waals surface area contributed by atoms with Gasteiger partial charge in [-0.2, -0.15) is 0 Å². The van der Waals surface area contributed by atoms with Gasteiger partial charge in [0, 0.05) is 22.2 Å². The highest BCUT2D eigenvalue weighted by Gasteiger charge is 2.15. The molecule has 0 bridgehead atoms. The van der Waals surface area contributed by atoms with Crippen LogP contribution in [0.3, 0.4) is 0 Å². The van der Waals surface area contributed by atoms with E-state index < -0.39 is 0 Å². The standard InChI is InChI=1S/C26H24ClNO3/c1-2-3-17-31-22-13-9-19(10-14-22)11-16-25(29)28-24-15-12-21(27)18-23(24)26(30)20-7-5-4-6-8-20/h4-16,18H,2-3,17H2,1H3,(H,28,29)/b16-11+. The van der Waals surface area contributed by atoms with Gasteiger partial charge in [0.1, 0.15) is 5.75 Å². The molecule has 1 N–H and O–H groups in total. The van der Waals surface area contributed by atoms with Crippen molar-refractivity contribution in [1.82, 2.24) is 0 Å². The average Bonchev–Trinajstić information content (AvgIpc) is 2.80. The molecule has 0 atom stereocenters. The molecule has 0 fully saturated rings. The number of ketones is 1. The molecular weight excluding hydrogens is 410 g/mol.